The van der Waals surface area contributed by atoms with E-state index in [1.165, 1.54) is 6.33 Å². The van der Waals surface area contributed by atoms with Crippen LogP contribution in [0.25, 0.3) is 0 Å². The molecule has 1 N–H and O–H groups in total. The number of aliphatic hydroxyl groups is 1. The van der Waals surface area contributed by atoms with Crippen molar-refractivity contribution >= 4 is 5.82 Å². The molecule has 2 rings (SSSR count). The highest BCUT2D eigenvalue weighted by Gasteiger charge is 2.20. The van der Waals surface area contributed by atoms with Crippen molar-refractivity contribution in [2.24, 2.45) is 5.92 Å². The molecule has 0 aromatic carbocycles. The summed E-state index contributed by atoms with van der Waals surface area (Å²) in [6, 6.07) is 1.83. The van der Waals surface area contributed by atoms with Crippen LogP contribution in [0.3, 0.4) is 0 Å². The van der Waals surface area contributed by atoms with Crippen molar-refractivity contribution in [3.05, 3.63) is 12.4 Å². The molecule has 1 aromatic rings. The Morgan fingerprint density at radius 1 is 1.56 bits per heavy atom. The molecule has 5 nitrogen and oxygen atoms in total. The van der Waals surface area contributed by atoms with Crippen LogP contribution in [0.2, 0.25) is 0 Å². The maximum absolute atomic E-state index is 9.17. The smallest absolute Gasteiger partial charge is 0.218 e. The molecule has 1 aromatic heterocycles. The molecule has 16 heavy (non-hydrogen) atoms. The predicted molar refractivity (Wildman–Crippen MR) is 60.6 cm³/mol. The summed E-state index contributed by atoms with van der Waals surface area (Å²) in [4.78, 5) is 10.4. The molecule has 1 aliphatic rings. The lowest BCUT2D eigenvalue weighted by Crippen LogP contribution is -2.37. The third-order valence-corrected chi connectivity index (χ3v) is 2.94. The standard InChI is InChI=1S/C11H17N3O2/c1-16-11-5-10(12-8-13-11)14-4-2-3-9(6-14)7-15/h5,8-9,15H,2-4,6-7H2,1H3/t9-/m0/s1. The van der Waals surface area contributed by atoms with E-state index in [-0.39, 0.29) is 6.61 Å². The molecule has 0 unspecified atom stereocenters. The SMILES string of the molecule is COc1cc(N2CCC[C@H](CO)C2)ncn1. The molecule has 88 valence electrons. The lowest BCUT2D eigenvalue weighted by atomic mass is 9.99. The van der Waals surface area contributed by atoms with E-state index in [9.17, 15) is 5.11 Å². The van der Waals surface area contributed by atoms with Gasteiger partial charge in [-0.25, -0.2) is 9.97 Å². The Balaban J connectivity index is 2.10. The average molecular weight is 223 g/mol. The average Bonchev–Trinajstić information content (AvgIpc) is 2.39. The molecule has 0 radical (unpaired) electrons. The van der Waals surface area contributed by atoms with Crippen LogP contribution < -0.4 is 9.64 Å². The highest BCUT2D eigenvalue weighted by molar-refractivity contribution is 5.41. The van der Waals surface area contributed by atoms with E-state index < -0.39 is 0 Å². The minimum atomic E-state index is 0.249. The Morgan fingerprint density at radius 3 is 3.19 bits per heavy atom. The second-order valence-electron chi connectivity index (χ2n) is 4.06. The first kappa shape index (κ1) is 11.1. The maximum Gasteiger partial charge on any atom is 0.218 e. The normalized spacial score (nSPS) is 20.9. The second kappa shape index (κ2) is 5.12. The summed E-state index contributed by atoms with van der Waals surface area (Å²) in [5, 5.41) is 9.17. The Morgan fingerprint density at radius 2 is 2.44 bits per heavy atom. The molecule has 1 saturated heterocycles. The van der Waals surface area contributed by atoms with Crippen LogP contribution in [0.1, 0.15) is 12.8 Å². The highest BCUT2D eigenvalue weighted by Crippen LogP contribution is 2.22. The van der Waals surface area contributed by atoms with Crippen molar-refractivity contribution in [1.29, 1.82) is 0 Å². The van der Waals surface area contributed by atoms with Crippen LogP contribution in [0.15, 0.2) is 12.4 Å². The molecule has 1 atom stereocenters. The first-order valence-electron chi connectivity index (χ1n) is 5.55. The van der Waals surface area contributed by atoms with Gasteiger partial charge in [-0.15, -0.1) is 0 Å². The molecular formula is C11H17N3O2. The fourth-order valence-electron chi connectivity index (χ4n) is 2.04. The number of methoxy groups -OCH3 is 1. The van der Waals surface area contributed by atoms with Gasteiger partial charge in [-0.1, -0.05) is 0 Å². The minimum absolute atomic E-state index is 0.249. The molecule has 2 heterocycles. The van der Waals surface area contributed by atoms with Crippen molar-refractivity contribution in [2.45, 2.75) is 12.8 Å². The third kappa shape index (κ3) is 2.41. The number of piperidine rings is 1. The van der Waals surface area contributed by atoms with E-state index in [0.717, 1.165) is 31.7 Å². The van der Waals surface area contributed by atoms with Gasteiger partial charge in [0.25, 0.3) is 0 Å². The quantitative estimate of drug-likeness (QED) is 0.817. The van der Waals surface area contributed by atoms with Gasteiger partial charge in [-0.3, -0.25) is 0 Å². The summed E-state index contributed by atoms with van der Waals surface area (Å²) in [7, 11) is 1.60. The molecular weight excluding hydrogens is 206 g/mol. The summed E-state index contributed by atoms with van der Waals surface area (Å²) in [5.41, 5.74) is 0. The van der Waals surface area contributed by atoms with E-state index in [0.29, 0.717) is 11.8 Å². The number of anilines is 1. The van der Waals surface area contributed by atoms with Gasteiger partial charge in [0.1, 0.15) is 12.1 Å². The molecule has 0 spiro atoms. The van der Waals surface area contributed by atoms with E-state index >= 15 is 0 Å². The molecule has 0 aliphatic carbocycles. The van der Waals surface area contributed by atoms with Crippen molar-refractivity contribution in [3.63, 3.8) is 0 Å². The number of aromatic nitrogens is 2. The number of hydrogen-bond donors (Lipinski definition) is 1. The van der Waals surface area contributed by atoms with E-state index in [4.69, 9.17) is 4.74 Å². The molecule has 5 heteroatoms. The summed E-state index contributed by atoms with van der Waals surface area (Å²) < 4.78 is 5.07. The van der Waals surface area contributed by atoms with Crippen LogP contribution in [-0.2, 0) is 0 Å². The summed E-state index contributed by atoms with van der Waals surface area (Å²) in [6.07, 6.45) is 3.70. The Labute approximate surface area is 95.1 Å². The van der Waals surface area contributed by atoms with Gasteiger partial charge in [-0.2, -0.15) is 0 Å². The van der Waals surface area contributed by atoms with Crippen LogP contribution in [-0.4, -0.2) is 41.9 Å². The first-order chi connectivity index (χ1) is 7.83. The van der Waals surface area contributed by atoms with Crippen LogP contribution in [0.4, 0.5) is 5.82 Å². The summed E-state index contributed by atoms with van der Waals surface area (Å²) in [5.74, 6) is 1.82. The Bertz CT molecular complexity index is 346. The Hall–Kier alpha value is -1.36. The van der Waals surface area contributed by atoms with Gasteiger partial charge < -0.3 is 14.7 Å². The summed E-state index contributed by atoms with van der Waals surface area (Å²) >= 11 is 0. The zero-order valence-corrected chi connectivity index (χ0v) is 9.46. The highest BCUT2D eigenvalue weighted by atomic mass is 16.5. The van der Waals surface area contributed by atoms with Crippen molar-refractivity contribution < 1.29 is 9.84 Å². The van der Waals surface area contributed by atoms with Gasteiger partial charge in [0.05, 0.1) is 7.11 Å². The number of rotatable bonds is 3. The monoisotopic (exact) mass is 223 g/mol. The van der Waals surface area contributed by atoms with Gasteiger partial charge in [0.2, 0.25) is 5.88 Å². The predicted octanol–water partition coefficient (Wildman–Crippen LogP) is 0.694. The van der Waals surface area contributed by atoms with Crippen molar-refractivity contribution in [3.8, 4) is 5.88 Å². The van der Waals surface area contributed by atoms with Gasteiger partial charge in [0, 0.05) is 25.8 Å². The van der Waals surface area contributed by atoms with E-state index in [1.54, 1.807) is 7.11 Å². The van der Waals surface area contributed by atoms with Gasteiger partial charge >= 0.3 is 0 Å². The number of hydrogen-bond acceptors (Lipinski definition) is 5. The molecule has 0 amide bonds. The fraction of sp³-hybridized carbons (Fsp3) is 0.636. The van der Waals surface area contributed by atoms with Gasteiger partial charge in [0.15, 0.2) is 0 Å². The Kier molecular flexibility index (Phi) is 3.56. The lowest BCUT2D eigenvalue weighted by molar-refractivity contribution is 0.208. The maximum atomic E-state index is 9.17. The van der Waals surface area contributed by atoms with Gasteiger partial charge in [-0.05, 0) is 18.8 Å². The van der Waals surface area contributed by atoms with Crippen LogP contribution in [0.5, 0.6) is 5.88 Å². The number of ether oxygens (including phenoxy) is 1. The largest absolute Gasteiger partial charge is 0.481 e. The topological polar surface area (TPSA) is 58.5 Å². The lowest BCUT2D eigenvalue weighted by Gasteiger charge is -2.32. The molecule has 1 aliphatic heterocycles. The van der Waals surface area contributed by atoms with E-state index in [1.807, 2.05) is 6.07 Å². The van der Waals surface area contributed by atoms with Crippen LogP contribution >= 0.6 is 0 Å². The van der Waals surface area contributed by atoms with Crippen molar-refractivity contribution in [1.82, 2.24) is 9.97 Å². The zero-order valence-electron chi connectivity index (χ0n) is 9.46. The molecule has 0 saturated carbocycles. The number of nitrogens with zero attached hydrogens (tertiary/aromatic N) is 3. The van der Waals surface area contributed by atoms with Crippen molar-refractivity contribution in [2.75, 3.05) is 31.7 Å². The first-order valence-corrected chi connectivity index (χ1v) is 5.55. The molecule has 0 bridgehead atoms. The second-order valence-corrected chi connectivity index (χ2v) is 4.06. The summed E-state index contributed by atoms with van der Waals surface area (Å²) in [6.45, 7) is 2.09. The zero-order chi connectivity index (χ0) is 11.4. The minimum Gasteiger partial charge on any atom is -0.481 e. The number of aliphatic hydroxyl groups excluding tert-OH is 1. The van der Waals surface area contributed by atoms with E-state index in [2.05, 4.69) is 14.9 Å². The molecule has 1 fully saturated rings. The van der Waals surface area contributed by atoms with Crippen LogP contribution in [0, 0.1) is 5.92 Å². The third-order valence-electron chi connectivity index (χ3n) is 2.94. The fourth-order valence-corrected chi connectivity index (χ4v) is 2.04.